The minimum atomic E-state index is -0.490. The van der Waals surface area contributed by atoms with Gasteiger partial charge in [0.1, 0.15) is 0 Å². The van der Waals surface area contributed by atoms with Gasteiger partial charge in [0.05, 0.1) is 17.8 Å². The van der Waals surface area contributed by atoms with E-state index in [4.69, 9.17) is 5.73 Å². The first-order chi connectivity index (χ1) is 10.0. The maximum atomic E-state index is 12.8. The van der Waals surface area contributed by atoms with Gasteiger partial charge in [0, 0.05) is 25.8 Å². The second-order valence-corrected chi connectivity index (χ2v) is 5.42. The fourth-order valence-electron chi connectivity index (χ4n) is 2.76. The third kappa shape index (κ3) is 3.60. The SMILES string of the molecule is CCc1nn(C)cc1C(=O)N(CC(N)=O)C1CCCNC1. The van der Waals surface area contributed by atoms with Crippen LogP contribution in [-0.4, -0.2) is 52.2 Å². The van der Waals surface area contributed by atoms with E-state index in [0.29, 0.717) is 18.5 Å². The molecule has 1 fully saturated rings. The number of nitrogens with zero attached hydrogens (tertiary/aromatic N) is 3. The highest BCUT2D eigenvalue weighted by atomic mass is 16.2. The molecular weight excluding hydrogens is 270 g/mol. The molecule has 1 aromatic heterocycles. The number of hydrogen-bond acceptors (Lipinski definition) is 4. The van der Waals surface area contributed by atoms with Gasteiger partial charge in [-0.15, -0.1) is 0 Å². The highest BCUT2D eigenvalue weighted by Gasteiger charge is 2.29. The number of amides is 2. The summed E-state index contributed by atoms with van der Waals surface area (Å²) in [4.78, 5) is 25.7. The number of hydrogen-bond donors (Lipinski definition) is 2. The Balaban J connectivity index is 2.26. The Kier molecular flexibility index (Phi) is 4.95. The van der Waals surface area contributed by atoms with Crippen molar-refractivity contribution in [3.8, 4) is 0 Å². The Morgan fingerprint density at radius 1 is 1.57 bits per heavy atom. The number of carbonyl (C=O) groups is 2. The summed E-state index contributed by atoms with van der Waals surface area (Å²) in [5.41, 5.74) is 6.63. The largest absolute Gasteiger partial charge is 0.368 e. The van der Waals surface area contributed by atoms with Crippen LogP contribution in [0.1, 0.15) is 35.8 Å². The average Bonchev–Trinajstić information content (AvgIpc) is 2.86. The van der Waals surface area contributed by atoms with Crippen molar-refractivity contribution in [2.24, 2.45) is 12.8 Å². The summed E-state index contributed by atoms with van der Waals surface area (Å²) in [5, 5.41) is 7.56. The smallest absolute Gasteiger partial charge is 0.258 e. The monoisotopic (exact) mass is 293 g/mol. The Labute approximate surface area is 124 Å². The molecule has 7 nitrogen and oxygen atoms in total. The minimum absolute atomic E-state index is 0.00339. The van der Waals surface area contributed by atoms with E-state index in [1.54, 1.807) is 22.8 Å². The molecular formula is C14H23N5O2. The maximum absolute atomic E-state index is 12.8. The number of nitrogens with two attached hydrogens (primary N) is 1. The van der Waals surface area contributed by atoms with Crippen molar-refractivity contribution in [3.63, 3.8) is 0 Å². The van der Waals surface area contributed by atoms with E-state index in [9.17, 15) is 9.59 Å². The van der Waals surface area contributed by atoms with Gasteiger partial charge < -0.3 is 16.0 Å². The molecule has 7 heteroatoms. The van der Waals surface area contributed by atoms with Gasteiger partial charge in [-0.3, -0.25) is 14.3 Å². The van der Waals surface area contributed by atoms with Crippen molar-refractivity contribution in [3.05, 3.63) is 17.5 Å². The third-order valence-corrected chi connectivity index (χ3v) is 3.77. The second-order valence-electron chi connectivity index (χ2n) is 5.42. The summed E-state index contributed by atoms with van der Waals surface area (Å²) in [6, 6.07) is 0.00339. The van der Waals surface area contributed by atoms with Gasteiger partial charge in [0.25, 0.3) is 5.91 Å². The highest BCUT2D eigenvalue weighted by molar-refractivity contribution is 5.97. The molecule has 2 heterocycles. The van der Waals surface area contributed by atoms with E-state index >= 15 is 0 Å². The number of aryl methyl sites for hydroxylation is 2. The summed E-state index contributed by atoms with van der Waals surface area (Å²) in [6.07, 6.45) is 4.26. The average molecular weight is 293 g/mol. The van der Waals surface area contributed by atoms with Gasteiger partial charge >= 0.3 is 0 Å². The lowest BCUT2D eigenvalue weighted by atomic mass is 10.0. The van der Waals surface area contributed by atoms with Gasteiger partial charge in [-0.05, 0) is 25.8 Å². The first-order valence-corrected chi connectivity index (χ1v) is 7.35. The van der Waals surface area contributed by atoms with Crippen LogP contribution in [0.3, 0.4) is 0 Å². The molecule has 2 amide bonds. The van der Waals surface area contributed by atoms with Gasteiger partial charge in [0.2, 0.25) is 5.91 Å². The van der Waals surface area contributed by atoms with E-state index in [0.717, 1.165) is 25.1 Å². The van der Waals surface area contributed by atoms with Gasteiger partial charge in [-0.25, -0.2) is 0 Å². The van der Waals surface area contributed by atoms with Crippen molar-refractivity contribution in [2.45, 2.75) is 32.2 Å². The quantitative estimate of drug-likeness (QED) is 0.777. The van der Waals surface area contributed by atoms with Crippen molar-refractivity contribution >= 4 is 11.8 Å². The fourth-order valence-corrected chi connectivity index (χ4v) is 2.76. The maximum Gasteiger partial charge on any atom is 0.258 e. The van der Waals surface area contributed by atoms with Crippen LogP contribution in [0, 0.1) is 0 Å². The predicted molar refractivity (Wildman–Crippen MR) is 78.7 cm³/mol. The normalized spacial score (nSPS) is 18.5. The molecule has 1 aliphatic rings. The van der Waals surface area contributed by atoms with E-state index in [1.165, 1.54) is 0 Å². The van der Waals surface area contributed by atoms with Gasteiger partial charge in [-0.2, -0.15) is 5.10 Å². The zero-order valence-corrected chi connectivity index (χ0v) is 12.6. The van der Waals surface area contributed by atoms with E-state index < -0.39 is 5.91 Å². The van der Waals surface area contributed by atoms with Crippen molar-refractivity contribution in [1.29, 1.82) is 0 Å². The lowest BCUT2D eigenvalue weighted by molar-refractivity contribution is -0.119. The summed E-state index contributed by atoms with van der Waals surface area (Å²) in [7, 11) is 1.79. The molecule has 1 atom stereocenters. The topological polar surface area (TPSA) is 93.2 Å². The molecule has 21 heavy (non-hydrogen) atoms. The Morgan fingerprint density at radius 3 is 2.90 bits per heavy atom. The molecule has 1 aliphatic heterocycles. The number of nitrogens with one attached hydrogen (secondary N) is 1. The third-order valence-electron chi connectivity index (χ3n) is 3.77. The molecule has 0 radical (unpaired) electrons. The fraction of sp³-hybridized carbons (Fsp3) is 0.643. The summed E-state index contributed by atoms with van der Waals surface area (Å²) < 4.78 is 1.63. The Hall–Kier alpha value is -1.89. The number of piperidine rings is 1. The van der Waals surface area contributed by atoms with Crippen molar-refractivity contribution in [2.75, 3.05) is 19.6 Å². The summed E-state index contributed by atoms with van der Waals surface area (Å²) in [5.74, 6) is -0.650. The van der Waals surface area contributed by atoms with E-state index in [-0.39, 0.29) is 18.5 Å². The number of rotatable bonds is 5. The molecule has 0 aliphatic carbocycles. The first kappa shape index (κ1) is 15.5. The van der Waals surface area contributed by atoms with Crippen LogP contribution >= 0.6 is 0 Å². The molecule has 0 saturated carbocycles. The predicted octanol–water partition coefficient (Wildman–Crippen LogP) is -0.338. The van der Waals surface area contributed by atoms with E-state index in [2.05, 4.69) is 10.4 Å². The molecule has 1 aromatic rings. The Morgan fingerprint density at radius 2 is 2.33 bits per heavy atom. The molecule has 0 spiro atoms. The summed E-state index contributed by atoms with van der Waals surface area (Å²) in [6.45, 7) is 3.55. The van der Waals surface area contributed by atoms with Crippen LogP contribution < -0.4 is 11.1 Å². The standard InChI is InChI=1S/C14H23N5O2/c1-3-12-11(8-18(2)17-12)14(21)19(9-13(15)20)10-5-4-6-16-7-10/h8,10,16H,3-7,9H2,1-2H3,(H2,15,20). The zero-order valence-electron chi connectivity index (χ0n) is 12.6. The molecule has 0 bridgehead atoms. The van der Waals surface area contributed by atoms with Gasteiger partial charge in [0.15, 0.2) is 0 Å². The molecule has 1 saturated heterocycles. The van der Waals surface area contributed by atoms with E-state index in [1.807, 2.05) is 6.92 Å². The number of carbonyl (C=O) groups excluding carboxylic acids is 2. The highest BCUT2D eigenvalue weighted by Crippen LogP contribution is 2.16. The van der Waals surface area contributed by atoms with Crippen LogP contribution in [0.2, 0.25) is 0 Å². The molecule has 3 N–H and O–H groups in total. The van der Waals surface area contributed by atoms with Crippen LogP contribution in [0.4, 0.5) is 0 Å². The van der Waals surface area contributed by atoms with Crippen LogP contribution in [0.25, 0.3) is 0 Å². The van der Waals surface area contributed by atoms with Crippen LogP contribution in [0.15, 0.2) is 6.20 Å². The lowest BCUT2D eigenvalue weighted by Gasteiger charge is -2.33. The second kappa shape index (κ2) is 6.71. The summed E-state index contributed by atoms with van der Waals surface area (Å²) >= 11 is 0. The number of aromatic nitrogens is 2. The molecule has 1 unspecified atom stereocenters. The molecule has 0 aromatic carbocycles. The zero-order chi connectivity index (χ0) is 15.4. The minimum Gasteiger partial charge on any atom is -0.368 e. The number of primary amides is 1. The van der Waals surface area contributed by atoms with Crippen molar-refractivity contribution in [1.82, 2.24) is 20.0 Å². The van der Waals surface area contributed by atoms with Crippen LogP contribution in [-0.2, 0) is 18.3 Å². The van der Waals surface area contributed by atoms with Crippen molar-refractivity contribution < 1.29 is 9.59 Å². The van der Waals surface area contributed by atoms with Gasteiger partial charge in [-0.1, -0.05) is 6.92 Å². The Bertz CT molecular complexity index is 519. The molecule has 116 valence electrons. The van der Waals surface area contributed by atoms with Crippen LogP contribution in [0.5, 0.6) is 0 Å². The molecule has 2 rings (SSSR count). The lowest BCUT2D eigenvalue weighted by Crippen LogP contribution is -2.51. The first-order valence-electron chi connectivity index (χ1n) is 7.35.